The highest BCUT2D eigenvalue weighted by Crippen LogP contribution is 2.62. The maximum atomic E-state index is 6.09. The Labute approximate surface area is 134 Å². The number of fused-ring (bicyclic) bond motifs is 11. The first-order valence-electron chi connectivity index (χ1n) is 8.11. The van der Waals surface area contributed by atoms with Crippen LogP contribution in [0.5, 0.6) is 0 Å². The summed E-state index contributed by atoms with van der Waals surface area (Å²) in [5, 5.41) is 5.33. The van der Waals surface area contributed by atoms with Gasteiger partial charge in [-0.2, -0.15) is 0 Å². The second kappa shape index (κ2) is 4.01. The lowest BCUT2D eigenvalue weighted by Gasteiger charge is -2.21. The average Bonchev–Trinajstić information content (AvgIpc) is 3.42. The van der Waals surface area contributed by atoms with Crippen LogP contribution in [0.3, 0.4) is 0 Å². The van der Waals surface area contributed by atoms with E-state index in [1.807, 2.05) is 0 Å². The molecule has 1 nitrogen and oxygen atoms in total. The Kier molecular flexibility index (Phi) is 2.07. The van der Waals surface area contributed by atoms with Crippen LogP contribution in [0.2, 0.25) is 0 Å². The Morgan fingerprint density at radius 3 is 2.00 bits per heavy atom. The van der Waals surface area contributed by atoms with E-state index in [1.54, 1.807) is 0 Å². The predicted octanol–water partition coefficient (Wildman–Crippen LogP) is 5.79. The molecule has 108 valence electrons. The molecule has 2 aliphatic rings. The summed E-state index contributed by atoms with van der Waals surface area (Å²) in [7, 11) is 0. The van der Waals surface area contributed by atoms with E-state index in [1.165, 1.54) is 43.8 Å². The van der Waals surface area contributed by atoms with E-state index in [2.05, 4.69) is 72.8 Å². The molecule has 0 bridgehead atoms. The lowest BCUT2D eigenvalue weighted by atomic mass is 9.80. The van der Waals surface area contributed by atoms with E-state index in [4.69, 9.17) is 4.74 Å². The van der Waals surface area contributed by atoms with Gasteiger partial charge < -0.3 is 4.74 Å². The lowest BCUT2D eigenvalue weighted by molar-refractivity contribution is 0.381. The van der Waals surface area contributed by atoms with Gasteiger partial charge in [0.2, 0.25) is 0 Å². The number of benzene rings is 4. The summed E-state index contributed by atoms with van der Waals surface area (Å²) in [6.45, 7) is 0. The molecule has 4 aromatic rings. The van der Waals surface area contributed by atoms with Crippen LogP contribution >= 0.6 is 0 Å². The monoisotopic (exact) mass is 294 g/mol. The summed E-state index contributed by atoms with van der Waals surface area (Å²) in [6.07, 6.45) is 0.456. The van der Waals surface area contributed by atoms with E-state index in [-0.39, 0.29) is 12.2 Å². The molecule has 1 saturated heterocycles. The van der Waals surface area contributed by atoms with Crippen molar-refractivity contribution in [1.29, 1.82) is 0 Å². The zero-order chi connectivity index (χ0) is 15.0. The van der Waals surface area contributed by atoms with Crippen molar-refractivity contribution >= 4 is 21.5 Å². The highest BCUT2D eigenvalue weighted by atomic mass is 16.6. The zero-order valence-corrected chi connectivity index (χ0v) is 12.5. The van der Waals surface area contributed by atoms with Gasteiger partial charge in [0.15, 0.2) is 0 Å². The minimum Gasteiger partial charge on any atom is -0.359 e. The Hall–Kier alpha value is -2.64. The van der Waals surface area contributed by atoms with Crippen LogP contribution in [-0.4, -0.2) is 0 Å². The molecule has 6 rings (SSSR count). The van der Waals surface area contributed by atoms with E-state index < -0.39 is 0 Å². The standard InChI is InChI=1S/C22H14O/c1-3-9-15-13(7-1)14-8-2-4-10-16(14)20-19(15)17-11-5-6-12-18(17)21-22(20)23-21/h1-12,21-22H. The predicted molar refractivity (Wildman–Crippen MR) is 93.5 cm³/mol. The van der Waals surface area contributed by atoms with Crippen LogP contribution in [0.15, 0.2) is 72.8 Å². The van der Waals surface area contributed by atoms with Gasteiger partial charge in [0.1, 0.15) is 12.2 Å². The molecule has 1 heterocycles. The van der Waals surface area contributed by atoms with Gasteiger partial charge in [0.05, 0.1) is 0 Å². The molecule has 0 aromatic heterocycles. The number of ether oxygens (including phenoxy) is 1. The topological polar surface area (TPSA) is 12.5 Å². The largest absolute Gasteiger partial charge is 0.359 e. The van der Waals surface area contributed by atoms with Crippen molar-refractivity contribution in [1.82, 2.24) is 0 Å². The zero-order valence-electron chi connectivity index (χ0n) is 12.5. The summed E-state index contributed by atoms with van der Waals surface area (Å²) < 4.78 is 6.09. The third-order valence-corrected chi connectivity index (χ3v) is 5.29. The van der Waals surface area contributed by atoms with Crippen LogP contribution < -0.4 is 0 Å². The molecule has 0 radical (unpaired) electrons. The van der Waals surface area contributed by atoms with Crippen molar-refractivity contribution < 1.29 is 4.74 Å². The summed E-state index contributed by atoms with van der Waals surface area (Å²) in [5.74, 6) is 0. The fourth-order valence-electron chi connectivity index (χ4n) is 4.30. The van der Waals surface area contributed by atoms with Crippen LogP contribution in [-0.2, 0) is 4.74 Å². The minimum absolute atomic E-state index is 0.217. The second-order valence-electron chi connectivity index (χ2n) is 6.44. The smallest absolute Gasteiger partial charge is 0.115 e. The number of hydrogen-bond donors (Lipinski definition) is 0. The molecule has 0 saturated carbocycles. The third kappa shape index (κ3) is 1.41. The van der Waals surface area contributed by atoms with Crippen molar-refractivity contribution in [2.75, 3.05) is 0 Å². The minimum atomic E-state index is 0.217. The highest BCUT2D eigenvalue weighted by Gasteiger charge is 2.48. The van der Waals surface area contributed by atoms with Crippen LogP contribution in [0.4, 0.5) is 0 Å². The molecular weight excluding hydrogens is 280 g/mol. The number of rotatable bonds is 0. The fourth-order valence-corrected chi connectivity index (χ4v) is 4.30. The fraction of sp³-hybridized carbons (Fsp3) is 0.0909. The van der Waals surface area contributed by atoms with Gasteiger partial charge in [-0.3, -0.25) is 0 Å². The Morgan fingerprint density at radius 2 is 1.17 bits per heavy atom. The van der Waals surface area contributed by atoms with Crippen molar-refractivity contribution in [3.63, 3.8) is 0 Å². The first-order valence-corrected chi connectivity index (χ1v) is 8.11. The number of epoxide rings is 1. The molecule has 4 aromatic carbocycles. The highest BCUT2D eigenvalue weighted by molar-refractivity contribution is 6.16. The van der Waals surface area contributed by atoms with Gasteiger partial charge in [-0.1, -0.05) is 72.8 Å². The van der Waals surface area contributed by atoms with E-state index in [0.29, 0.717) is 0 Å². The first kappa shape index (κ1) is 11.9. The molecule has 1 aliphatic carbocycles. The quantitative estimate of drug-likeness (QED) is 0.295. The molecular formula is C22H14O. The first-order chi connectivity index (χ1) is 11.4. The Bertz CT molecular complexity index is 1110. The van der Waals surface area contributed by atoms with Crippen molar-refractivity contribution in [2.45, 2.75) is 12.2 Å². The van der Waals surface area contributed by atoms with Crippen molar-refractivity contribution in [3.8, 4) is 11.1 Å². The van der Waals surface area contributed by atoms with E-state index in [0.717, 1.165) is 0 Å². The maximum absolute atomic E-state index is 6.09. The Balaban J connectivity index is 1.92. The summed E-state index contributed by atoms with van der Waals surface area (Å²) in [6, 6.07) is 26.2. The van der Waals surface area contributed by atoms with Gasteiger partial charge in [0, 0.05) is 5.56 Å². The van der Waals surface area contributed by atoms with Crippen molar-refractivity contribution in [2.24, 2.45) is 0 Å². The molecule has 0 spiro atoms. The van der Waals surface area contributed by atoms with Crippen LogP contribution in [0.1, 0.15) is 23.3 Å². The van der Waals surface area contributed by atoms with Crippen LogP contribution in [0, 0.1) is 0 Å². The van der Waals surface area contributed by atoms with Gasteiger partial charge in [-0.05, 0) is 38.2 Å². The van der Waals surface area contributed by atoms with Gasteiger partial charge >= 0.3 is 0 Å². The molecule has 23 heavy (non-hydrogen) atoms. The van der Waals surface area contributed by atoms with E-state index >= 15 is 0 Å². The third-order valence-electron chi connectivity index (χ3n) is 5.29. The SMILES string of the molecule is c1ccc2c(c1)-c1c(c3ccccc3c3ccccc13)C1OC21. The van der Waals surface area contributed by atoms with Gasteiger partial charge in [0.25, 0.3) is 0 Å². The molecule has 2 unspecified atom stereocenters. The summed E-state index contributed by atoms with van der Waals surface area (Å²) in [4.78, 5) is 0. The second-order valence-corrected chi connectivity index (χ2v) is 6.44. The molecule has 0 amide bonds. The van der Waals surface area contributed by atoms with E-state index in [9.17, 15) is 0 Å². The number of hydrogen-bond acceptors (Lipinski definition) is 1. The Morgan fingerprint density at radius 1 is 0.565 bits per heavy atom. The van der Waals surface area contributed by atoms with Gasteiger partial charge in [-0.15, -0.1) is 0 Å². The molecule has 1 fully saturated rings. The molecule has 2 atom stereocenters. The normalized spacial score (nSPS) is 20.9. The average molecular weight is 294 g/mol. The molecule has 1 heteroatoms. The lowest BCUT2D eigenvalue weighted by Crippen LogP contribution is -2.01. The maximum Gasteiger partial charge on any atom is 0.115 e. The van der Waals surface area contributed by atoms with Crippen molar-refractivity contribution in [3.05, 3.63) is 83.9 Å². The summed E-state index contributed by atoms with van der Waals surface area (Å²) >= 11 is 0. The molecule has 0 N–H and O–H groups in total. The van der Waals surface area contributed by atoms with Gasteiger partial charge in [-0.25, -0.2) is 0 Å². The van der Waals surface area contributed by atoms with Crippen LogP contribution in [0.25, 0.3) is 32.7 Å². The summed E-state index contributed by atoms with van der Waals surface area (Å²) in [5.41, 5.74) is 5.42. The molecule has 1 aliphatic heterocycles.